The van der Waals surface area contributed by atoms with Gasteiger partial charge in [0.05, 0.1) is 18.7 Å². The Bertz CT molecular complexity index is 992. The highest BCUT2D eigenvalue weighted by Gasteiger charge is 2.24. The first kappa shape index (κ1) is 25.8. The molecule has 3 aromatic carbocycles. The molecule has 0 saturated carbocycles. The van der Waals surface area contributed by atoms with E-state index in [1.807, 2.05) is 48.5 Å². The van der Waals surface area contributed by atoms with E-state index in [9.17, 15) is 0 Å². The van der Waals surface area contributed by atoms with Crippen molar-refractivity contribution >= 4 is 55.4 Å². The zero-order chi connectivity index (χ0) is 23.8. The fraction of sp³-hybridized carbons (Fsp3) is 0.308. The normalized spacial score (nSPS) is 12.3. The lowest BCUT2D eigenvalue weighted by atomic mass is 9.87. The van der Waals surface area contributed by atoms with E-state index < -0.39 is 11.6 Å². The summed E-state index contributed by atoms with van der Waals surface area (Å²) in [6, 6.07) is 15.9. The largest absolute Gasteiger partial charge is 0.204 e. The standard InChI is InChI=1S/C26H26Br2F2S2/c1-25(2,3)15-7-11-17(12-8-15)31-23-19(27)22(30)24(20(28)21(23)29)32-18-13-9-16(10-14-18)26(4,5)6/h7-14H,1-6H3. The Hall–Kier alpha value is -0.820. The van der Waals surface area contributed by atoms with Gasteiger partial charge in [0.1, 0.15) is 0 Å². The molecule has 0 bridgehead atoms. The zero-order valence-corrected chi connectivity index (χ0v) is 23.8. The molecule has 0 aliphatic carbocycles. The number of halogens is 4. The average molecular weight is 600 g/mol. The van der Waals surface area contributed by atoms with Gasteiger partial charge in [-0.2, -0.15) is 0 Å². The van der Waals surface area contributed by atoms with E-state index in [0.717, 1.165) is 9.79 Å². The lowest BCUT2D eigenvalue weighted by molar-refractivity contribution is 0.542. The van der Waals surface area contributed by atoms with Crippen molar-refractivity contribution in [1.29, 1.82) is 0 Å². The maximum atomic E-state index is 15.3. The SMILES string of the molecule is CC(C)(C)c1ccc(Sc2c(F)c(Br)c(Sc3ccc(C(C)(C)C)cc3)c(F)c2Br)cc1. The van der Waals surface area contributed by atoms with Crippen LogP contribution in [-0.4, -0.2) is 0 Å². The van der Waals surface area contributed by atoms with E-state index >= 15 is 8.78 Å². The van der Waals surface area contributed by atoms with Crippen LogP contribution < -0.4 is 0 Å². The molecule has 0 heterocycles. The molecular weight excluding hydrogens is 574 g/mol. The van der Waals surface area contributed by atoms with Crippen molar-refractivity contribution in [1.82, 2.24) is 0 Å². The highest BCUT2D eigenvalue weighted by atomic mass is 79.9. The molecule has 0 radical (unpaired) electrons. The number of hydrogen-bond donors (Lipinski definition) is 0. The van der Waals surface area contributed by atoms with E-state index in [0.29, 0.717) is 0 Å². The van der Waals surface area contributed by atoms with Gasteiger partial charge >= 0.3 is 0 Å². The van der Waals surface area contributed by atoms with Crippen LogP contribution in [0.4, 0.5) is 8.78 Å². The van der Waals surface area contributed by atoms with Gasteiger partial charge in [-0.05, 0) is 78.1 Å². The van der Waals surface area contributed by atoms with Crippen molar-refractivity contribution in [3.05, 3.63) is 80.2 Å². The maximum Gasteiger partial charge on any atom is 0.153 e. The summed E-state index contributed by atoms with van der Waals surface area (Å²) in [5.41, 5.74) is 2.46. The van der Waals surface area contributed by atoms with Crippen molar-refractivity contribution in [2.24, 2.45) is 0 Å². The van der Waals surface area contributed by atoms with E-state index in [1.165, 1.54) is 34.7 Å². The molecule has 0 aromatic heterocycles. The van der Waals surface area contributed by atoms with Gasteiger partial charge in [0.2, 0.25) is 0 Å². The molecule has 0 nitrogen and oxygen atoms in total. The summed E-state index contributed by atoms with van der Waals surface area (Å²) in [6.45, 7) is 12.9. The summed E-state index contributed by atoms with van der Waals surface area (Å²) < 4.78 is 30.9. The third-order valence-corrected chi connectivity index (χ3v) is 9.27. The van der Waals surface area contributed by atoms with E-state index in [4.69, 9.17) is 0 Å². The van der Waals surface area contributed by atoms with Crippen LogP contribution in [0.5, 0.6) is 0 Å². The van der Waals surface area contributed by atoms with Crippen LogP contribution in [0.1, 0.15) is 52.7 Å². The molecule has 0 aliphatic heterocycles. The minimum atomic E-state index is -0.475. The molecule has 32 heavy (non-hydrogen) atoms. The third kappa shape index (κ3) is 5.81. The first-order valence-electron chi connectivity index (χ1n) is 10.2. The highest BCUT2D eigenvalue weighted by molar-refractivity contribution is 9.11. The third-order valence-electron chi connectivity index (χ3n) is 5.06. The zero-order valence-electron chi connectivity index (χ0n) is 18.9. The lowest BCUT2D eigenvalue weighted by Crippen LogP contribution is -2.10. The van der Waals surface area contributed by atoms with E-state index in [2.05, 4.69) is 73.4 Å². The summed E-state index contributed by atoms with van der Waals surface area (Å²) in [7, 11) is 0. The summed E-state index contributed by atoms with van der Waals surface area (Å²) in [5, 5.41) is 0. The van der Waals surface area contributed by atoms with Gasteiger partial charge in [-0.3, -0.25) is 0 Å². The molecule has 0 fully saturated rings. The second kappa shape index (κ2) is 9.81. The molecule has 0 N–H and O–H groups in total. The van der Waals surface area contributed by atoms with E-state index in [1.54, 1.807) is 0 Å². The van der Waals surface area contributed by atoms with Crippen LogP contribution in [-0.2, 0) is 10.8 Å². The predicted molar refractivity (Wildman–Crippen MR) is 140 cm³/mol. The van der Waals surface area contributed by atoms with Gasteiger partial charge in [-0.1, -0.05) is 89.3 Å². The number of hydrogen-bond acceptors (Lipinski definition) is 2. The Balaban J connectivity index is 1.91. The molecule has 3 rings (SSSR count). The van der Waals surface area contributed by atoms with Crippen LogP contribution in [0.25, 0.3) is 0 Å². The monoisotopic (exact) mass is 598 g/mol. The molecule has 3 aromatic rings. The molecule has 0 unspecified atom stereocenters. The second-order valence-electron chi connectivity index (χ2n) is 9.67. The lowest BCUT2D eigenvalue weighted by Gasteiger charge is -2.20. The summed E-state index contributed by atoms with van der Waals surface area (Å²) >= 11 is 9.02. The van der Waals surface area contributed by atoms with Crippen LogP contribution in [0.15, 0.2) is 77.1 Å². The van der Waals surface area contributed by atoms with E-state index in [-0.39, 0.29) is 29.6 Å². The van der Waals surface area contributed by atoms with Crippen LogP contribution >= 0.6 is 55.4 Å². The molecule has 0 atom stereocenters. The molecule has 0 saturated heterocycles. The smallest absolute Gasteiger partial charge is 0.153 e. The summed E-state index contributed by atoms with van der Waals surface area (Å²) in [6.07, 6.45) is 0. The molecular formula is C26H26Br2F2S2. The summed E-state index contributed by atoms with van der Waals surface area (Å²) in [5.74, 6) is -0.950. The van der Waals surface area contributed by atoms with Crippen molar-refractivity contribution in [2.45, 2.75) is 72.0 Å². The average Bonchev–Trinajstić information content (AvgIpc) is 2.72. The Morgan fingerprint density at radius 1 is 0.562 bits per heavy atom. The summed E-state index contributed by atoms with van der Waals surface area (Å²) in [4.78, 5) is 2.15. The fourth-order valence-corrected chi connectivity index (χ4v) is 6.30. The van der Waals surface area contributed by atoms with Crippen molar-refractivity contribution in [3.8, 4) is 0 Å². The number of rotatable bonds is 4. The van der Waals surface area contributed by atoms with Gasteiger partial charge in [0.15, 0.2) is 11.6 Å². The van der Waals surface area contributed by atoms with Crippen molar-refractivity contribution in [2.75, 3.05) is 0 Å². The minimum Gasteiger partial charge on any atom is -0.204 e. The van der Waals surface area contributed by atoms with Crippen LogP contribution in [0.3, 0.4) is 0 Å². The number of benzene rings is 3. The minimum absolute atomic E-state index is 0.0358. The van der Waals surface area contributed by atoms with Gasteiger partial charge in [0, 0.05) is 9.79 Å². The molecule has 0 aliphatic rings. The van der Waals surface area contributed by atoms with Crippen LogP contribution in [0.2, 0.25) is 0 Å². The fourth-order valence-electron chi connectivity index (χ4n) is 3.05. The first-order valence-corrected chi connectivity index (χ1v) is 13.4. The molecule has 170 valence electrons. The Morgan fingerprint density at radius 2 is 0.844 bits per heavy atom. The van der Waals surface area contributed by atoms with Crippen molar-refractivity contribution < 1.29 is 8.78 Å². The maximum absolute atomic E-state index is 15.3. The van der Waals surface area contributed by atoms with Crippen LogP contribution in [0, 0.1) is 11.6 Å². The quantitative estimate of drug-likeness (QED) is 0.274. The van der Waals surface area contributed by atoms with Gasteiger partial charge in [-0.15, -0.1) is 0 Å². The predicted octanol–water partition coefficient (Wildman–Crippen LogP) is 10.4. The Kier molecular flexibility index (Phi) is 7.91. The van der Waals surface area contributed by atoms with Crippen molar-refractivity contribution in [3.63, 3.8) is 0 Å². The van der Waals surface area contributed by atoms with Gasteiger partial charge in [0.25, 0.3) is 0 Å². The Labute approximate surface area is 215 Å². The first-order chi connectivity index (χ1) is 14.8. The second-order valence-corrected chi connectivity index (χ2v) is 13.4. The molecule has 6 heteroatoms. The molecule has 0 spiro atoms. The highest BCUT2D eigenvalue weighted by Crippen LogP contribution is 2.46. The van der Waals surface area contributed by atoms with Gasteiger partial charge in [-0.25, -0.2) is 8.78 Å². The topological polar surface area (TPSA) is 0 Å². The molecule has 0 amide bonds. The van der Waals surface area contributed by atoms with Gasteiger partial charge < -0.3 is 0 Å². The Morgan fingerprint density at radius 3 is 1.09 bits per heavy atom.